The molecule has 1 unspecified atom stereocenters. The monoisotopic (exact) mass is 255 g/mol. The first-order valence-electron chi connectivity index (χ1n) is 4.66. The molecular weight excluding hydrogens is 242 g/mol. The van der Waals surface area contributed by atoms with Crippen molar-refractivity contribution >= 4 is 21.7 Å². The first-order chi connectivity index (χ1) is 6.65. The lowest BCUT2D eigenvalue weighted by molar-refractivity contribution is -0.119. The van der Waals surface area contributed by atoms with Crippen LogP contribution in [-0.4, -0.2) is 11.8 Å². The fourth-order valence-corrected chi connectivity index (χ4v) is 1.61. The van der Waals surface area contributed by atoms with Gasteiger partial charge < -0.3 is 5.73 Å². The molecule has 0 amide bonds. The van der Waals surface area contributed by atoms with Gasteiger partial charge in [0.15, 0.2) is 5.78 Å². The number of carbonyl (C=O) groups is 1. The summed E-state index contributed by atoms with van der Waals surface area (Å²) in [5.74, 6) is 0.0967. The van der Waals surface area contributed by atoms with E-state index in [-0.39, 0.29) is 11.8 Å². The molecule has 0 aliphatic rings. The number of ketones is 1. The SMILES string of the molecule is CCC(N)C(=O)Cc1ccccc1Br. The van der Waals surface area contributed by atoms with Gasteiger partial charge >= 0.3 is 0 Å². The van der Waals surface area contributed by atoms with Gasteiger partial charge in [-0.15, -0.1) is 0 Å². The molecule has 1 atom stereocenters. The molecule has 76 valence electrons. The summed E-state index contributed by atoms with van der Waals surface area (Å²) in [4.78, 5) is 11.5. The van der Waals surface area contributed by atoms with Crippen molar-refractivity contribution < 1.29 is 4.79 Å². The molecule has 0 fully saturated rings. The lowest BCUT2D eigenvalue weighted by Gasteiger charge is -2.08. The second kappa shape index (κ2) is 5.27. The normalized spacial score (nSPS) is 12.5. The lowest BCUT2D eigenvalue weighted by Crippen LogP contribution is -2.30. The van der Waals surface area contributed by atoms with Gasteiger partial charge in [-0.2, -0.15) is 0 Å². The minimum absolute atomic E-state index is 0.0967. The molecule has 0 spiro atoms. The summed E-state index contributed by atoms with van der Waals surface area (Å²) in [6.07, 6.45) is 1.11. The van der Waals surface area contributed by atoms with Crippen molar-refractivity contribution in [2.24, 2.45) is 5.73 Å². The molecule has 0 aliphatic carbocycles. The highest BCUT2D eigenvalue weighted by molar-refractivity contribution is 9.10. The van der Waals surface area contributed by atoms with Gasteiger partial charge in [0.1, 0.15) is 0 Å². The molecule has 1 aromatic rings. The molecule has 0 bridgehead atoms. The summed E-state index contributed by atoms with van der Waals surface area (Å²) in [5.41, 5.74) is 6.65. The van der Waals surface area contributed by atoms with Gasteiger partial charge in [-0.05, 0) is 18.1 Å². The summed E-state index contributed by atoms with van der Waals surface area (Å²) < 4.78 is 0.969. The Morgan fingerprint density at radius 2 is 2.14 bits per heavy atom. The Morgan fingerprint density at radius 1 is 1.50 bits per heavy atom. The van der Waals surface area contributed by atoms with Crippen LogP contribution < -0.4 is 5.73 Å². The van der Waals surface area contributed by atoms with Crippen molar-refractivity contribution in [3.05, 3.63) is 34.3 Å². The zero-order valence-electron chi connectivity index (χ0n) is 8.16. The minimum atomic E-state index is -0.331. The fourth-order valence-electron chi connectivity index (χ4n) is 1.19. The molecule has 1 aromatic carbocycles. The molecule has 2 N–H and O–H groups in total. The number of benzene rings is 1. The maximum absolute atomic E-state index is 11.5. The first kappa shape index (κ1) is 11.4. The summed E-state index contributed by atoms with van der Waals surface area (Å²) in [6.45, 7) is 1.92. The van der Waals surface area contributed by atoms with Crippen molar-refractivity contribution in [1.29, 1.82) is 0 Å². The van der Waals surface area contributed by atoms with Crippen LogP contribution in [0.3, 0.4) is 0 Å². The van der Waals surface area contributed by atoms with Gasteiger partial charge in [0.05, 0.1) is 6.04 Å². The highest BCUT2D eigenvalue weighted by atomic mass is 79.9. The van der Waals surface area contributed by atoms with Crippen LogP contribution in [-0.2, 0) is 11.2 Å². The third kappa shape index (κ3) is 2.93. The minimum Gasteiger partial charge on any atom is -0.322 e. The Bertz CT molecular complexity index is 325. The smallest absolute Gasteiger partial charge is 0.153 e. The van der Waals surface area contributed by atoms with Crippen molar-refractivity contribution in [1.82, 2.24) is 0 Å². The average molecular weight is 256 g/mol. The number of carbonyl (C=O) groups excluding carboxylic acids is 1. The molecule has 0 aliphatic heterocycles. The highest BCUT2D eigenvalue weighted by Crippen LogP contribution is 2.16. The first-order valence-corrected chi connectivity index (χ1v) is 5.46. The Kier molecular flexibility index (Phi) is 4.29. The maximum Gasteiger partial charge on any atom is 0.153 e. The molecule has 1 rings (SSSR count). The van der Waals surface area contributed by atoms with Crippen LogP contribution in [0.5, 0.6) is 0 Å². The van der Waals surface area contributed by atoms with Crippen LogP contribution in [0.25, 0.3) is 0 Å². The number of nitrogens with two attached hydrogens (primary N) is 1. The molecule has 14 heavy (non-hydrogen) atoms. The number of hydrogen-bond donors (Lipinski definition) is 1. The zero-order chi connectivity index (χ0) is 10.6. The van der Waals surface area contributed by atoms with E-state index in [0.29, 0.717) is 12.8 Å². The molecule has 0 saturated heterocycles. The second-order valence-electron chi connectivity index (χ2n) is 3.25. The van der Waals surface area contributed by atoms with Crippen LogP contribution in [0.2, 0.25) is 0 Å². The van der Waals surface area contributed by atoms with E-state index in [4.69, 9.17) is 5.73 Å². The van der Waals surface area contributed by atoms with Gasteiger partial charge in [0.2, 0.25) is 0 Å². The molecule has 0 heterocycles. The van der Waals surface area contributed by atoms with Gasteiger partial charge in [0, 0.05) is 10.9 Å². The van der Waals surface area contributed by atoms with Gasteiger partial charge in [-0.1, -0.05) is 41.1 Å². The molecule has 0 radical (unpaired) electrons. The third-order valence-corrected chi connectivity index (χ3v) is 2.95. The zero-order valence-corrected chi connectivity index (χ0v) is 9.75. The van der Waals surface area contributed by atoms with Crippen molar-refractivity contribution in [3.8, 4) is 0 Å². The molecule has 2 nitrogen and oxygen atoms in total. The van der Waals surface area contributed by atoms with Crippen LogP contribution in [0, 0.1) is 0 Å². The highest BCUT2D eigenvalue weighted by Gasteiger charge is 2.12. The van der Waals surface area contributed by atoms with E-state index in [2.05, 4.69) is 15.9 Å². The van der Waals surface area contributed by atoms with Gasteiger partial charge in [0.25, 0.3) is 0 Å². The summed E-state index contributed by atoms with van der Waals surface area (Å²) in [5, 5.41) is 0. The number of Topliss-reactive ketones (excluding diaryl/α,β-unsaturated/α-hetero) is 1. The Labute approximate surface area is 92.6 Å². The standard InChI is InChI=1S/C11H14BrNO/c1-2-10(13)11(14)7-8-5-3-4-6-9(8)12/h3-6,10H,2,7,13H2,1H3. The average Bonchev–Trinajstić information content (AvgIpc) is 2.20. The molecule has 3 heteroatoms. The predicted molar refractivity (Wildman–Crippen MR) is 61.1 cm³/mol. The van der Waals surface area contributed by atoms with E-state index in [1.807, 2.05) is 31.2 Å². The second-order valence-corrected chi connectivity index (χ2v) is 4.10. The summed E-state index contributed by atoms with van der Waals surface area (Å²) in [6, 6.07) is 7.38. The summed E-state index contributed by atoms with van der Waals surface area (Å²) >= 11 is 3.40. The summed E-state index contributed by atoms with van der Waals surface area (Å²) in [7, 11) is 0. The van der Waals surface area contributed by atoms with Crippen molar-refractivity contribution in [3.63, 3.8) is 0 Å². The van der Waals surface area contributed by atoms with E-state index in [1.165, 1.54) is 0 Å². The van der Waals surface area contributed by atoms with Crippen molar-refractivity contribution in [2.75, 3.05) is 0 Å². The van der Waals surface area contributed by atoms with Crippen LogP contribution in [0.15, 0.2) is 28.7 Å². The van der Waals surface area contributed by atoms with E-state index in [0.717, 1.165) is 10.0 Å². The number of halogens is 1. The Morgan fingerprint density at radius 3 is 2.71 bits per heavy atom. The van der Waals surface area contributed by atoms with Gasteiger partial charge in [-0.25, -0.2) is 0 Å². The van der Waals surface area contributed by atoms with E-state index < -0.39 is 0 Å². The number of hydrogen-bond acceptors (Lipinski definition) is 2. The predicted octanol–water partition coefficient (Wildman–Crippen LogP) is 2.30. The molecule has 0 aromatic heterocycles. The number of rotatable bonds is 4. The molecule has 0 saturated carbocycles. The topological polar surface area (TPSA) is 43.1 Å². The van der Waals surface area contributed by atoms with E-state index >= 15 is 0 Å². The fraction of sp³-hybridized carbons (Fsp3) is 0.364. The van der Waals surface area contributed by atoms with Crippen molar-refractivity contribution in [2.45, 2.75) is 25.8 Å². The maximum atomic E-state index is 11.5. The Balaban J connectivity index is 2.70. The third-order valence-electron chi connectivity index (χ3n) is 2.18. The van der Waals surface area contributed by atoms with E-state index in [9.17, 15) is 4.79 Å². The molecular formula is C11H14BrNO. The Hall–Kier alpha value is -0.670. The van der Waals surface area contributed by atoms with Gasteiger partial charge in [-0.3, -0.25) is 4.79 Å². The van der Waals surface area contributed by atoms with Crippen LogP contribution >= 0.6 is 15.9 Å². The van der Waals surface area contributed by atoms with Crippen LogP contribution in [0.1, 0.15) is 18.9 Å². The lowest BCUT2D eigenvalue weighted by atomic mass is 10.0. The quantitative estimate of drug-likeness (QED) is 0.898. The van der Waals surface area contributed by atoms with Crippen LogP contribution in [0.4, 0.5) is 0 Å². The largest absolute Gasteiger partial charge is 0.322 e. The van der Waals surface area contributed by atoms with E-state index in [1.54, 1.807) is 0 Å².